The second-order valence-electron chi connectivity index (χ2n) is 5.18. The van der Waals surface area contributed by atoms with E-state index >= 15 is 0 Å². The van der Waals surface area contributed by atoms with E-state index in [2.05, 4.69) is 5.10 Å². The van der Waals surface area contributed by atoms with Gasteiger partial charge in [0.25, 0.3) is 5.91 Å². The van der Waals surface area contributed by atoms with Gasteiger partial charge >= 0.3 is 0 Å². The highest BCUT2D eigenvalue weighted by Crippen LogP contribution is 2.16. The summed E-state index contributed by atoms with van der Waals surface area (Å²) in [6.45, 7) is 4.53. The van der Waals surface area contributed by atoms with Gasteiger partial charge in [0.1, 0.15) is 5.75 Å². The van der Waals surface area contributed by atoms with Crippen molar-refractivity contribution in [2.24, 2.45) is 7.05 Å². The Hall–Kier alpha value is -2.30. The molecule has 0 atom stereocenters. The number of hydrogen-bond acceptors (Lipinski definition) is 3. The summed E-state index contributed by atoms with van der Waals surface area (Å²) in [5, 5.41) is 4.18. The van der Waals surface area contributed by atoms with Crippen molar-refractivity contribution in [3.63, 3.8) is 0 Å². The van der Waals surface area contributed by atoms with Crippen molar-refractivity contribution in [2.75, 3.05) is 13.7 Å². The van der Waals surface area contributed by atoms with Crippen LogP contribution in [0.25, 0.3) is 0 Å². The van der Waals surface area contributed by atoms with Gasteiger partial charge in [-0.15, -0.1) is 0 Å². The molecule has 0 aliphatic carbocycles. The summed E-state index contributed by atoms with van der Waals surface area (Å²) in [7, 11) is 3.66. The average molecular weight is 287 g/mol. The number of nitrogens with zero attached hydrogens (tertiary/aromatic N) is 3. The van der Waals surface area contributed by atoms with Gasteiger partial charge in [-0.3, -0.25) is 9.48 Å². The van der Waals surface area contributed by atoms with Crippen molar-refractivity contribution in [2.45, 2.75) is 20.4 Å². The third-order valence-electron chi connectivity index (χ3n) is 3.61. The number of rotatable bonds is 5. The predicted molar refractivity (Wildman–Crippen MR) is 81.1 cm³/mol. The number of amides is 1. The van der Waals surface area contributed by atoms with Gasteiger partial charge in [0.2, 0.25) is 0 Å². The summed E-state index contributed by atoms with van der Waals surface area (Å²) in [5.74, 6) is 0.693. The largest absolute Gasteiger partial charge is 0.484 e. The van der Waals surface area contributed by atoms with Crippen LogP contribution in [0.2, 0.25) is 0 Å². The van der Waals surface area contributed by atoms with Gasteiger partial charge in [-0.25, -0.2) is 0 Å². The molecule has 21 heavy (non-hydrogen) atoms. The van der Waals surface area contributed by atoms with Gasteiger partial charge in [0, 0.05) is 31.9 Å². The molecule has 5 heteroatoms. The van der Waals surface area contributed by atoms with Crippen molar-refractivity contribution in [3.05, 3.63) is 47.3 Å². The van der Waals surface area contributed by atoms with Crippen LogP contribution in [0.4, 0.5) is 0 Å². The van der Waals surface area contributed by atoms with Crippen molar-refractivity contribution in [3.8, 4) is 5.75 Å². The Labute approximate surface area is 125 Å². The quantitative estimate of drug-likeness (QED) is 0.846. The minimum atomic E-state index is -0.0542. The monoisotopic (exact) mass is 287 g/mol. The molecule has 0 aliphatic rings. The number of benzene rings is 1. The summed E-state index contributed by atoms with van der Waals surface area (Å²) in [4.78, 5) is 13.8. The summed E-state index contributed by atoms with van der Waals surface area (Å²) in [5.41, 5.74) is 3.13. The van der Waals surface area contributed by atoms with Crippen LogP contribution in [0.5, 0.6) is 5.75 Å². The molecule has 0 spiro atoms. The summed E-state index contributed by atoms with van der Waals surface area (Å²) in [6, 6.07) is 7.67. The molecule has 0 bridgehead atoms. The van der Waals surface area contributed by atoms with Gasteiger partial charge < -0.3 is 9.64 Å². The van der Waals surface area contributed by atoms with Crippen molar-refractivity contribution in [1.29, 1.82) is 0 Å². The summed E-state index contributed by atoms with van der Waals surface area (Å²) in [6.07, 6.45) is 1.79. The highest BCUT2D eigenvalue weighted by Gasteiger charge is 2.13. The Morgan fingerprint density at radius 2 is 2.05 bits per heavy atom. The number of aromatic nitrogens is 2. The summed E-state index contributed by atoms with van der Waals surface area (Å²) >= 11 is 0. The molecular formula is C16H21N3O2. The van der Waals surface area contributed by atoms with E-state index < -0.39 is 0 Å². The normalized spacial score (nSPS) is 10.5. The van der Waals surface area contributed by atoms with E-state index in [0.717, 1.165) is 22.6 Å². The van der Waals surface area contributed by atoms with Gasteiger partial charge in [-0.2, -0.15) is 5.10 Å². The van der Waals surface area contributed by atoms with Crippen molar-refractivity contribution < 1.29 is 9.53 Å². The SMILES string of the molecule is Cc1ccccc1OCC(=O)N(C)Cc1cnn(C)c1C. The van der Waals surface area contributed by atoms with Crippen LogP contribution in [0.1, 0.15) is 16.8 Å². The number of ether oxygens (including phenoxy) is 1. The van der Waals surface area contributed by atoms with Gasteiger partial charge in [-0.1, -0.05) is 18.2 Å². The zero-order chi connectivity index (χ0) is 15.4. The number of hydrogen-bond donors (Lipinski definition) is 0. The second-order valence-corrected chi connectivity index (χ2v) is 5.18. The first kappa shape index (κ1) is 15.1. The van der Waals surface area contributed by atoms with Crippen LogP contribution in [-0.4, -0.2) is 34.2 Å². The first-order valence-corrected chi connectivity index (χ1v) is 6.89. The molecule has 1 amide bonds. The molecule has 2 aromatic rings. The maximum absolute atomic E-state index is 12.1. The third kappa shape index (κ3) is 3.62. The Balaban J connectivity index is 1.91. The van der Waals surface area contributed by atoms with Crippen LogP contribution >= 0.6 is 0 Å². The van der Waals surface area contributed by atoms with Crippen LogP contribution in [0, 0.1) is 13.8 Å². The predicted octanol–water partition coefficient (Wildman–Crippen LogP) is 2.07. The molecule has 0 fully saturated rings. The van der Waals surface area contributed by atoms with E-state index in [-0.39, 0.29) is 12.5 Å². The number of carbonyl (C=O) groups is 1. The Kier molecular flexibility index (Phi) is 4.62. The van der Waals surface area contributed by atoms with Gasteiger partial charge in [0.15, 0.2) is 6.61 Å². The van der Waals surface area contributed by atoms with Crippen molar-refractivity contribution in [1.82, 2.24) is 14.7 Å². The van der Waals surface area contributed by atoms with Gasteiger partial charge in [-0.05, 0) is 25.5 Å². The molecule has 5 nitrogen and oxygen atoms in total. The Bertz CT molecular complexity index is 634. The van der Waals surface area contributed by atoms with E-state index in [4.69, 9.17) is 4.74 Å². The first-order valence-electron chi connectivity index (χ1n) is 6.89. The lowest BCUT2D eigenvalue weighted by Crippen LogP contribution is -2.31. The molecule has 0 radical (unpaired) electrons. The minimum absolute atomic E-state index is 0.0423. The smallest absolute Gasteiger partial charge is 0.260 e. The van der Waals surface area contributed by atoms with E-state index in [1.165, 1.54) is 0 Å². The number of carbonyl (C=O) groups excluding carboxylic acids is 1. The number of para-hydroxylation sites is 1. The van der Waals surface area contributed by atoms with Gasteiger partial charge in [0.05, 0.1) is 6.20 Å². The second kappa shape index (κ2) is 6.43. The van der Waals surface area contributed by atoms with Crippen LogP contribution in [-0.2, 0) is 18.4 Å². The minimum Gasteiger partial charge on any atom is -0.484 e. The molecule has 0 N–H and O–H groups in total. The van der Waals surface area contributed by atoms with E-state index in [1.54, 1.807) is 22.8 Å². The first-order chi connectivity index (χ1) is 9.99. The topological polar surface area (TPSA) is 47.4 Å². The fourth-order valence-corrected chi connectivity index (χ4v) is 2.01. The highest BCUT2D eigenvalue weighted by molar-refractivity contribution is 5.77. The molecule has 112 valence electrons. The van der Waals surface area contributed by atoms with Crippen LogP contribution in [0.15, 0.2) is 30.5 Å². The molecule has 0 unspecified atom stereocenters. The lowest BCUT2D eigenvalue weighted by atomic mass is 10.2. The zero-order valence-corrected chi connectivity index (χ0v) is 13.0. The lowest BCUT2D eigenvalue weighted by Gasteiger charge is -2.17. The third-order valence-corrected chi connectivity index (χ3v) is 3.61. The molecule has 1 aromatic carbocycles. The Morgan fingerprint density at radius 1 is 1.33 bits per heavy atom. The number of likely N-dealkylation sites (N-methyl/N-ethyl adjacent to an activating group) is 1. The summed E-state index contributed by atoms with van der Waals surface area (Å²) < 4.78 is 7.38. The maximum Gasteiger partial charge on any atom is 0.260 e. The Morgan fingerprint density at radius 3 is 2.67 bits per heavy atom. The fourth-order valence-electron chi connectivity index (χ4n) is 2.01. The standard InChI is InChI=1S/C16H21N3O2/c1-12-7-5-6-8-15(12)21-11-16(20)18(3)10-14-9-17-19(4)13(14)2/h5-9H,10-11H2,1-4H3. The fraction of sp³-hybridized carbons (Fsp3) is 0.375. The highest BCUT2D eigenvalue weighted by atomic mass is 16.5. The molecule has 0 aliphatic heterocycles. The molecule has 0 saturated heterocycles. The molecular weight excluding hydrogens is 266 g/mol. The lowest BCUT2D eigenvalue weighted by molar-refractivity contribution is -0.132. The van der Waals surface area contributed by atoms with Crippen LogP contribution < -0.4 is 4.74 Å². The van der Waals surface area contributed by atoms with E-state index in [1.807, 2.05) is 45.2 Å². The molecule has 1 heterocycles. The molecule has 0 saturated carbocycles. The zero-order valence-electron chi connectivity index (χ0n) is 13.0. The van der Waals surface area contributed by atoms with E-state index in [9.17, 15) is 4.79 Å². The average Bonchev–Trinajstić information content (AvgIpc) is 2.78. The van der Waals surface area contributed by atoms with Crippen LogP contribution in [0.3, 0.4) is 0 Å². The molecule has 1 aromatic heterocycles. The van der Waals surface area contributed by atoms with E-state index in [0.29, 0.717) is 6.54 Å². The maximum atomic E-state index is 12.1. The van der Waals surface area contributed by atoms with Crippen molar-refractivity contribution >= 4 is 5.91 Å². The molecule has 2 rings (SSSR count). The number of aryl methyl sites for hydroxylation is 2.